The van der Waals surface area contributed by atoms with Crippen LogP contribution in [0.5, 0.6) is 5.75 Å². The summed E-state index contributed by atoms with van der Waals surface area (Å²) in [6, 6.07) is 17.3. The number of nitrogens with one attached hydrogen (secondary N) is 1. The molecule has 0 aromatic heterocycles. The van der Waals surface area contributed by atoms with E-state index in [-0.39, 0.29) is 17.2 Å². The lowest BCUT2D eigenvalue weighted by atomic mass is 9.70. The zero-order valence-electron chi connectivity index (χ0n) is 24.3. The average molecular weight is 656 g/mol. The summed E-state index contributed by atoms with van der Waals surface area (Å²) in [5.41, 5.74) is 3.45. The van der Waals surface area contributed by atoms with Crippen LogP contribution in [0.1, 0.15) is 42.4 Å². The third-order valence-electron chi connectivity index (χ3n) is 9.77. The van der Waals surface area contributed by atoms with Crippen molar-refractivity contribution in [2.45, 2.75) is 54.1 Å². The molecule has 0 unspecified atom stereocenters. The topological polar surface area (TPSA) is 113 Å². The number of halogens is 1. The lowest BCUT2D eigenvalue weighted by Crippen LogP contribution is -2.52. The number of amides is 1. The SMILES string of the molecule is CN1c2cccc(c2)CC(=O)NS(=O)(=O)c2ccc3c(c2)N(C[C@@H]2CC[C@H]2S1(=O)=O)C[C@@]1(CCCc2cc(Cl)ccc21)CO3. The first kappa shape index (κ1) is 29.4. The number of carbonyl (C=O) groups is 1. The summed E-state index contributed by atoms with van der Waals surface area (Å²) < 4.78 is 64.8. The number of rotatable bonds is 0. The summed E-state index contributed by atoms with van der Waals surface area (Å²) in [6.45, 7) is 1.32. The van der Waals surface area contributed by atoms with Crippen LogP contribution in [-0.4, -0.2) is 54.7 Å². The molecule has 232 valence electrons. The van der Waals surface area contributed by atoms with E-state index in [0.29, 0.717) is 53.8 Å². The number of hydrogen-bond acceptors (Lipinski definition) is 7. The van der Waals surface area contributed by atoms with E-state index >= 15 is 0 Å². The molecule has 9 nitrogen and oxygen atoms in total. The van der Waals surface area contributed by atoms with Gasteiger partial charge in [0, 0.05) is 30.6 Å². The Labute approximate surface area is 263 Å². The van der Waals surface area contributed by atoms with Crippen LogP contribution in [0, 0.1) is 5.92 Å². The highest BCUT2D eigenvalue weighted by Crippen LogP contribution is 2.46. The van der Waals surface area contributed by atoms with Gasteiger partial charge in [0.1, 0.15) is 5.75 Å². The van der Waals surface area contributed by atoms with Gasteiger partial charge >= 0.3 is 0 Å². The molecule has 12 heteroatoms. The Kier molecular flexibility index (Phi) is 7.13. The van der Waals surface area contributed by atoms with E-state index in [9.17, 15) is 21.6 Å². The summed E-state index contributed by atoms with van der Waals surface area (Å²) >= 11 is 6.37. The average Bonchev–Trinajstić information content (AvgIpc) is 3.11. The first-order valence-corrected chi connectivity index (χ1v) is 18.2. The molecule has 3 aromatic rings. The first-order valence-electron chi connectivity index (χ1n) is 14.9. The van der Waals surface area contributed by atoms with E-state index in [1.807, 2.05) is 12.1 Å². The Morgan fingerprint density at radius 2 is 1.86 bits per heavy atom. The molecule has 7 rings (SSSR count). The number of aryl methyl sites for hydroxylation is 1. The van der Waals surface area contributed by atoms with Crippen molar-refractivity contribution in [3.05, 3.63) is 82.4 Å². The van der Waals surface area contributed by atoms with Crippen molar-refractivity contribution in [2.24, 2.45) is 5.92 Å². The number of nitrogens with zero attached hydrogens (tertiary/aromatic N) is 2. The molecule has 0 radical (unpaired) electrons. The molecule has 1 fully saturated rings. The summed E-state index contributed by atoms with van der Waals surface area (Å²) in [4.78, 5) is 15.0. The van der Waals surface area contributed by atoms with Gasteiger partial charge in [0.25, 0.3) is 10.0 Å². The molecular formula is C32H34ClN3O6S2. The molecule has 2 aliphatic heterocycles. The highest BCUT2D eigenvalue weighted by atomic mass is 35.5. The molecule has 3 atom stereocenters. The van der Waals surface area contributed by atoms with E-state index < -0.39 is 36.6 Å². The Hall–Kier alpha value is -3.28. The molecule has 1 saturated carbocycles. The fourth-order valence-electron chi connectivity index (χ4n) is 7.33. The van der Waals surface area contributed by atoms with Gasteiger partial charge in [-0.1, -0.05) is 29.8 Å². The van der Waals surface area contributed by atoms with Crippen LogP contribution in [0.2, 0.25) is 5.02 Å². The van der Waals surface area contributed by atoms with Gasteiger partial charge in [-0.3, -0.25) is 9.10 Å². The third-order valence-corrected chi connectivity index (χ3v) is 13.7. The van der Waals surface area contributed by atoms with E-state index in [1.54, 1.807) is 36.4 Å². The number of benzene rings is 3. The van der Waals surface area contributed by atoms with Gasteiger partial charge < -0.3 is 9.64 Å². The minimum atomic E-state index is -4.19. The monoisotopic (exact) mass is 655 g/mol. The lowest BCUT2D eigenvalue weighted by molar-refractivity contribution is -0.118. The Morgan fingerprint density at radius 1 is 1.02 bits per heavy atom. The first-order chi connectivity index (χ1) is 20.9. The summed E-state index contributed by atoms with van der Waals surface area (Å²) in [5, 5.41) is 0.0815. The fraction of sp³-hybridized carbons (Fsp3) is 0.406. The summed E-state index contributed by atoms with van der Waals surface area (Å²) in [5.74, 6) is -0.353. The molecule has 1 amide bonds. The minimum Gasteiger partial charge on any atom is -0.490 e. The Balaban J connectivity index is 1.35. The van der Waals surface area contributed by atoms with E-state index in [1.165, 1.54) is 23.0 Å². The maximum atomic E-state index is 14.0. The molecule has 2 aliphatic carbocycles. The molecule has 2 heterocycles. The van der Waals surface area contributed by atoms with Crippen LogP contribution < -0.4 is 18.7 Å². The lowest BCUT2D eigenvalue weighted by Gasteiger charge is -2.45. The van der Waals surface area contributed by atoms with Crippen molar-refractivity contribution in [1.29, 1.82) is 0 Å². The number of ether oxygens (including phenoxy) is 1. The van der Waals surface area contributed by atoms with Crippen LogP contribution in [0.25, 0.3) is 0 Å². The predicted octanol–water partition coefficient (Wildman–Crippen LogP) is 4.42. The highest BCUT2D eigenvalue weighted by Gasteiger charge is 2.47. The van der Waals surface area contributed by atoms with Gasteiger partial charge in [-0.25, -0.2) is 21.6 Å². The predicted molar refractivity (Wildman–Crippen MR) is 170 cm³/mol. The molecule has 4 aliphatic rings. The van der Waals surface area contributed by atoms with Crippen molar-refractivity contribution in [3.8, 4) is 5.75 Å². The van der Waals surface area contributed by atoms with Gasteiger partial charge in [0.05, 0.1) is 34.5 Å². The molecule has 44 heavy (non-hydrogen) atoms. The second-order valence-electron chi connectivity index (χ2n) is 12.5. The maximum absolute atomic E-state index is 14.0. The number of fused-ring (bicyclic) bond motifs is 6. The molecule has 4 bridgehead atoms. The quantitative estimate of drug-likeness (QED) is 0.382. The maximum Gasteiger partial charge on any atom is 0.264 e. The fourth-order valence-corrected chi connectivity index (χ4v) is 10.5. The van der Waals surface area contributed by atoms with Crippen molar-refractivity contribution in [2.75, 3.05) is 35.9 Å². The highest BCUT2D eigenvalue weighted by molar-refractivity contribution is 7.93. The van der Waals surface area contributed by atoms with Crippen LogP contribution in [0.3, 0.4) is 0 Å². The van der Waals surface area contributed by atoms with Gasteiger partial charge in [0.15, 0.2) is 0 Å². The standard InChI is InChI=1S/C32H34ClN3O6S2/c1-35-25-6-2-4-21(14-25)15-31(37)34-43(38,39)26-9-11-29-28(17-26)36(18-23-7-12-30(23)44(35,40)41)19-32(20-42-29)13-3-5-22-16-24(33)8-10-27(22)32/h2,4,6,8-11,14,16-17,23,30H,3,5,7,12-13,15,18-20H2,1H3,(H,34,37)/t23-,30+,32-/m0/s1. The van der Waals surface area contributed by atoms with E-state index in [4.69, 9.17) is 16.3 Å². The molecule has 3 aromatic carbocycles. The van der Waals surface area contributed by atoms with E-state index in [2.05, 4.69) is 15.7 Å². The molecular weight excluding hydrogens is 622 g/mol. The van der Waals surface area contributed by atoms with Gasteiger partial charge in [-0.2, -0.15) is 0 Å². The normalized spacial score (nSPS) is 27.2. The second kappa shape index (κ2) is 10.7. The third kappa shape index (κ3) is 5.02. The Bertz CT molecular complexity index is 1880. The van der Waals surface area contributed by atoms with Crippen molar-refractivity contribution in [3.63, 3.8) is 0 Å². The number of anilines is 2. The van der Waals surface area contributed by atoms with Gasteiger partial charge in [-0.05, 0) is 97.2 Å². The zero-order chi connectivity index (χ0) is 30.9. The number of carbonyl (C=O) groups excluding carboxylic acids is 1. The molecule has 0 saturated heterocycles. The largest absolute Gasteiger partial charge is 0.490 e. The zero-order valence-corrected chi connectivity index (χ0v) is 26.7. The van der Waals surface area contributed by atoms with Gasteiger partial charge in [-0.15, -0.1) is 0 Å². The summed E-state index contributed by atoms with van der Waals surface area (Å²) in [7, 11) is -6.38. The summed E-state index contributed by atoms with van der Waals surface area (Å²) in [6.07, 6.45) is 3.76. The number of sulfonamides is 2. The van der Waals surface area contributed by atoms with Gasteiger partial charge in [0.2, 0.25) is 15.9 Å². The van der Waals surface area contributed by atoms with Crippen LogP contribution in [0.4, 0.5) is 11.4 Å². The Morgan fingerprint density at radius 3 is 2.66 bits per heavy atom. The van der Waals surface area contributed by atoms with Crippen molar-refractivity contribution >= 4 is 48.9 Å². The smallest absolute Gasteiger partial charge is 0.264 e. The minimum absolute atomic E-state index is 0.0525. The van der Waals surface area contributed by atoms with Crippen LogP contribution in [-0.2, 0) is 43.1 Å². The van der Waals surface area contributed by atoms with Crippen LogP contribution >= 0.6 is 11.6 Å². The van der Waals surface area contributed by atoms with E-state index in [0.717, 1.165) is 31.2 Å². The molecule has 1 N–H and O–H groups in total. The van der Waals surface area contributed by atoms with Crippen LogP contribution in [0.15, 0.2) is 65.6 Å². The second-order valence-corrected chi connectivity index (χ2v) is 16.8. The molecule has 1 spiro atoms. The van der Waals surface area contributed by atoms with Crippen molar-refractivity contribution < 1.29 is 26.4 Å². The van der Waals surface area contributed by atoms with Crippen molar-refractivity contribution in [1.82, 2.24) is 4.72 Å². The number of hydrogen-bond donors (Lipinski definition) is 1.